The third-order valence-corrected chi connectivity index (χ3v) is 10.8. The number of nitrogens with zero attached hydrogens (tertiary/aromatic N) is 1. The number of hydrogen-bond donors (Lipinski definition) is 2. The SMILES string of the molecule is COc1cc(S(=O)(=O)N2CC(CC(C)CNS(=O)(=O)C3CC3)Oc3ccc(NC(=O)OC(C)(C)C(F)(F)F)cc32)ccc1F. The number of halogens is 4. The quantitative estimate of drug-likeness (QED) is 0.326. The second-order valence-electron chi connectivity index (χ2n) is 11.2. The van der Waals surface area contributed by atoms with Gasteiger partial charge in [0.05, 0.1) is 29.5 Å². The topological polar surface area (TPSA) is 140 Å². The summed E-state index contributed by atoms with van der Waals surface area (Å²) in [6, 6.07) is 6.80. The Morgan fingerprint density at radius 2 is 1.80 bits per heavy atom. The summed E-state index contributed by atoms with van der Waals surface area (Å²) >= 11 is 0. The van der Waals surface area contributed by atoms with Crippen LogP contribution in [-0.2, 0) is 24.8 Å². The van der Waals surface area contributed by atoms with Crippen molar-refractivity contribution in [1.29, 1.82) is 0 Å². The molecule has 1 aliphatic carbocycles. The molecule has 2 atom stereocenters. The average Bonchev–Trinajstić information content (AvgIpc) is 3.77. The Kier molecular flexibility index (Phi) is 9.34. The van der Waals surface area contributed by atoms with E-state index in [9.17, 15) is 39.2 Å². The summed E-state index contributed by atoms with van der Waals surface area (Å²) < 4.78 is 125. The van der Waals surface area contributed by atoms with Gasteiger partial charge in [0.15, 0.2) is 11.6 Å². The first-order chi connectivity index (χ1) is 20.3. The maximum absolute atomic E-state index is 14.1. The zero-order chi connectivity index (χ0) is 32.7. The lowest BCUT2D eigenvalue weighted by Crippen LogP contribution is -2.45. The second-order valence-corrected chi connectivity index (χ2v) is 15.1. The molecule has 1 heterocycles. The number of rotatable bonds is 11. The Morgan fingerprint density at radius 3 is 2.41 bits per heavy atom. The van der Waals surface area contributed by atoms with Gasteiger partial charge in [0, 0.05) is 18.3 Å². The van der Waals surface area contributed by atoms with E-state index in [1.807, 2.05) is 0 Å². The summed E-state index contributed by atoms with van der Waals surface area (Å²) in [6.45, 7) is 2.97. The molecule has 2 aliphatic rings. The van der Waals surface area contributed by atoms with Crippen LogP contribution in [0.2, 0.25) is 0 Å². The molecule has 244 valence electrons. The first-order valence-corrected chi connectivity index (χ1v) is 16.5. The van der Waals surface area contributed by atoms with Crippen molar-refractivity contribution in [3.63, 3.8) is 0 Å². The van der Waals surface area contributed by atoms with Gasteiger partial charge >= 0.3 is 12.3 Å². The summed E-state index contributed by atoms with van der Waals surface area (Å²) in [5.41, 5.74) is -2.95. The maximum Gasteiger partial charge on any atom is 0.427 e. The molecule has 0 saturated heterocycles. The normalized spacial score (nSPS) is 18.2. The van der Waals surface area contributed by atoms with E-state index in [0.717, 1.165) is 22.5 Å². The van der Waals surface area contributed by atoms with Gasteiger partial charge in [0.1, 0.15) is 11.9 Å². The molecule has 2 aromatic rings. The van der Waals surface area contributed by atoms with E-state index in [-0.39, 0.29) is 53.2 Å². The number of sulfonamides is 2. The fraction of sp³-hybridized carbons (Fsp3) is 0.519. The summed E-state index contributed by atoms with van der Waals surface area (Å²) in [4.78, 5) is 12.0. The second kappa shape index (κ2) is 12.2. The van der Waals surface area contributed by atoms with Crippen LogP contribution in [0, 0.1) is 11.7 Å². The lowest BCUT2D eigenvalue weighted by atomic mass is 10.0. The lowest BCUT2D eigenvalue weighted by Gasteiger charge is -2.36. The van der Waals surface area contributed by atoms with Gasteiger partial charge < -0.3 is 14.2 Å². The van der Waals surface area contributed by atoms with Crippen LogP contribution >= 0.6 is 0 Å². The zero-order valence-corrected chi connectivity index (χ0v) is 25.9. The number of alkyl halides is 3. The molecule has 17 heteroatoms. The van der Waals surface area contributed by atoms with Crippen molar-refractivity contribution in [2.45, 2.75) is 68.1 Å². The Hall–Kier alpha value is -3.31. The van der Waals surface area contributed by atoms with Gasteiger partial charge in [-0.2, -0.15) is 13.2 Å². The summed E-state index contributed by atoms with van der Waals surface area (Å²) in [5.74, 6) is -1.31. The van der Waals surface area contributed by atoms with E-state index < -0.39 is 55.1 Å². The maximum atomic E-state index is 14.1. The van der Waals surface area contributed by atoms with Crippen LogP contribution in [0.25, 0.3) is 0 Å². The molecule has 1 saturated carbocycles. The molecule has 1 amide bonds. The fourth-order valence-corrected chi connectivity index (χ4v) is 7.41. The number of carbonyl (C=O) groups is 1. The molecule has 4 rings (SSSR count). The van der Waals surface area contributed by atoms with Gasteiger partial charge in [-0.3, -0.25) is 9.62 Å². The number of fused-ring (bicyclic) bond motifs is 1. The van der Waals surface area contributed by atoms with Crippen molar-refractivity contribution in [1.82, 2.24) is 4.72 Å². The molecule has 2 unspecified atom stereocenters. The van der Waals surface area contributed by atoms with E-state index in [4.69, 9.17) is 9.47 Å². The molecule has 2 aromatic carbocycles. The minimum Gasteiger partial charge on any atom is -0.494 e. The Morgan fingerprint density at radius 1 is 1.11 bits per heavy atom. The molecule has 11 nitrogen and oxygen atoms in total. The molecular weight excluding hydrogens is 634 g/mol. The van der Waals surface area contributed by atoms with E-state index in [2.05, 4.69) is 14.8 Å². The molecule has 1 aliphatic heterocycles. The molecule has 0 radical (unpaired) electrons. The first-order valence-electron chi connectivity index (χ1n) is 13.6. The van der Waals surface area contributed by atoms with Crippen molar-refractivity contribution < 1.29 is 53.4 Å². The van der Waals surface area contributed by atoms with Gasteiger partial charge in [-0.1, -0.05) is 6.92 Å². The first kappa shape index (κ1) is 33.6. The van der Waals surface area contributed by atoms with Crippen molar-refractivity contribution in [3.05, 3.63) is 42.2 Å². The smallest absolute Gasteiger partial charge is 0.427 e. The number of nitrogens with one attached hydrogen (secondary N) is 2. The minimum atomic E-state index is -4.85. The molecular formula is C27H33F4N3O8S2. The molecule has 2 N–H and O–H groups in total. The van der Waals surface area contributed by atoms with Gasteiger partial charge in [0.25, 0.3) is 10.0 Å². The predicted octanol–water partition coefficient (Wildman–Crippen LogP) is 4.79. The predicted molar refractivity (Wildman–Crippen MR) is 152 cm³/mol. The number of methoxy groups -OCH3 is 1. The van der Waals surface area contributed by atoms with Gasteiger partial charge in [0.2, 0.25) is 15.6 Å². The number of benzene rings is 2. The largest absolute Gasteiger partial charge is 0.494 e. The van der Waals surface area contributed by atoms with E-state index in [1.54, 1.807) is 6.92 Å². The van der Waals surface area contributed by atoms with Crippen LogP contribution in [0.5, 0.6) is 11.5 Å². The summed E-state index contributed by atoms with van der Waals surface area (Å²) in [5, 5.41) is 1.77. The minimum absolute atomic E-state index is 0.0560. The third-order valence-electron chi connectivity index (χ3n) is 7.14. The Labute approximate surface area is 252 Å². The van der Waals surface area contributed by atoms with Crippen molar-refractivity contribution in [2.24, 2.45) is 5.92 Å². The fourth-order valence-electron chi connectivity index (χ4n) is 4.39. The van der Waals surface area contributed by atoms with Gasteiger partial charge in [-0.05, 0) is 69.4 Å². The van der Waals surface area contributed by atoms with E-state index in [0.29, 0.717) is 26.7 Å². The number of ether oxygens (including phenoxy) is 3. The highest BCUT2D eigenvalue weighted by Crippen LogP contribution is 2.41. The van der Waals surface area contributed by atoms with Crippen LogP contribution in [0.1, 0.15) is 40.0 Å². The van der Waals surface area contributed by atoms with Crippen molar-refractivity contribution >= 4 is 37.5 Å². The Bertz CT molecular complexity index is 1610. The van der Waals surface area contributed by atoms with Gasteiger partial charge in [-0.25, -0.2) is 30.7 Å². The number of anilines is 2. The number of carbonyl (C=O) groups excluding carboxylic acids is 1. The average molecular weight is 668 g/mol. The molecule has 0 bridgehead atoms. The zero-order valence-electron chi connectivity index (χ0n) is 24.3. The van der Waals surface area contributed by atoms with Crippen LogP contribution < -0.4 is 23.8 Å². The molecule has 1 fully saturated rings. The van der Waals surface area contributed by atoms with Crippen LogP contribution in [0.15, 0.2) is 41.3 Å². The molecule has 0 spiro atoms. The molecule has 44 heavy (non-hydrogen) atoms. The van der Waals surface area contributed by atoms with E-state index >= 15 is 0 Å². The summed E-state index contributed by atoms with van der Waals surface area (Å²) in [7, 11) is -6.68. The highest BCUT2D eigenvalue weighted by molar-refractivity contribution is 7.92. The van der Waals surface area contributed by atoms with Crippen LogP contribution in [0.3, 0.4) is 0 Å². The third kappa shape index (κ3) is 7.48. The Balaban J connectivity index is 1.62. The number of hydrogen-bond acceptors (Lipinski definition) is 8. The number of amides is 1. The lowest BCUT2D eigenvalue weighted by molar-refractivity contribution is -0.242. The van der Waals surface area contributed by atoms with Crippen molar-refractivity contribution in [3.8, 4) is 11.5 Å². The standard InChI is InChI=1S/C27H33F4N3O8S2/c1-16(14-32-43(36,37)19-6-7-19)11-18-15-34(44(38,39)20-8-9-21(28)24(13-20)40-4)22-12-17(5-10-23(22)41-18)33-25(35)42-26(2,3)27(29,30)31/h5,8-10,12-13,16,18-19,32H,6-7,11,14-15H2,1-4H3,(H,33,35). The van der Waals surface area contributed by atoms with E-state index in [1.165, 1.54) is 25.3 Å². The van der Waals surface area contributed by atoms with Crippen LogP contribution in [0.4, 0.5) is 33.7 Å². The van der Waals surface area contributed by atoms with Gasteiger partial charge in [-0.15, -0.1) is 0 Å². The highest BCUT2D eigenvalue weighted by Gasteiger charge is 2.51. The molecule has 0 aromatic heterocycles. The summed E-state index contributed by atoms with van der Waals surface area (Å²) in [6.07, 6.45) is -5.59. The monoisotopic (exact) mass is 667 g/mol. The highest BCUT2D eigenvalue weighted by atomic mass is 32.2. The van der Waals surface area contributed by atoms with Crippen LogP contribution in [-0.4, -0.2) is 66.3 Å². The van der Waals surface area contributed by atoms with Crippen molar-refractivity contribution in [2.75, 3.05) is 29.8 Å².